The van der Waals surface area contributed by atoms with Crippen molar-refractivity contribution < 1.29 is 78.4 Å². The van der Waals surface area contributed by atoms with Gasteiger partial charge in [-0.2, -0.15) is 0 Å². The third-order valence-corrected chi connectivity index (χ3v) is 20.0. The highest BCUT2D eigenvalue weighted by atomic mass is 16.5. The van der Waals surface area contributed by atoms with Gasteiger partial charge in [-0.1, -0.05) is 214 Å². The highest BCUT2D eigenvalue weighted by molar-refractivity contribution is 5.81. The third kappa shape index (κ3) is 39.2. The van der Waals surface area contributed by atoms with E-state index in [-0.39, 0.29) is 112 Å². The van der Waals surface area contributed by atoms with Crippen molar-refractivity contribution in [2.24, 2.45) is 59.2 Å². The Morgan fingerprint density at radius 2 is 0.656 bits per heavy atom. The van der Waals surface area contributed by atoms with E-state index in [9.17, 15) is 64.2 Å². The fourth-order valence-corrected chi connectivity index (χ4v) is 12.2. The fraction of sp³-hybridized carbons (Fsp3) is 0.688. The summed E-state index contributed by atoms with van der Waals surface area (Å²) in [5.41, 5.74) is 2.80. The van der Waals surface area contributed by atoms with Crippen LogP contribution in [0.5, 0.6) is 0 Å². The number of carbonyl (C=O) groups excluding carboxylic acids is 7. The van der Waals surface area contributed by atoms with Crippen LogP contribution in [0.4, 0.5) is 0 Å². The van der Waals surface area contributed by atoms with Crippen molar-refractivity contribution >= 4 is 41.5 Å². The average molecular weight is 1350 g/mol. The molecule has 0 aromatic heterocycles. The molecule has 4 aliphatic rings. The highest BCUT2D eigenvalue weighted by Crippen LogP contribution is 2.36. The number of ether oxygens (including phenoxy) is 3. The molecule has 6 N–H and O–H groups in total. The molecule has 0 radical (unpaired) electrons. The Kier molecular flexibility index (Phi) is 51.3. The lowest BCUT2D eigenvalue weighted by atomic mass is 9.95. The molecular weight excluding hydrogens is 1220 g/mol. The van der Waals surface area contributed by atoms with Crippen LogP contribution < -0.4 is 0 Å². The summed E-state index contributed by atoms with van der Waals surface area (Å²) in [6.07, 6.45) is 16.4. The lowest BCUT2D eigenvalue weighted by Gasteiger charge is -2.16. The SMILES string of the molecule is CCC(=O)CC.CCC(=O)[C@@H](C)[C@@H](O)CCC(=O)OCc1ccccc1.CCC(=O)[C@@H](C)[C@H](O)CCC(=O)OCc1ccccc1.CC[C@@H]1CC[C@@H](O)[C@@H]1C.CC[C@@H]1CC[C@H](O)[C@@H]1C.CC[C@H]1CC[C@@H](O)[C@@H]1C.CC[C@H]1CC[C@H](O)[C@@H]1C.O=CCCC(=O)OCc1ccccc1. The number of hydrogen-bond acceptors (Lipinski definition) is 16. The van der Waals surface area contributed by atoms with Gasteiger partial charge in [-0.15, -0.1) is 0 Å². The zero-order chi connectivity index (χ0) is 72.5. The number of hydrogen-bond donors (Lipinski definition) is 6. The molecule has 546 valence electrons. The van der Waals surface area contributed by atoms with E-state index in [1.54, 1.807) is 27.7 Å². The number of aliphatic hydroxyl groups excluding tert-OH is 6. The second kappa shape index (κ2) is 54.4. The first-order valence-corrected chi connectivity index (χ1v) is 36.4. The van der Waals surface area contributed by atoms with E-state index in [1.165, 1.54) is 51.4 Å². The molecule has 0 amide bonds. The lowest BCUT2D eigenvalue weighted by Crippen LogP contribution is -2.26. The molecule has 0 spiro atoms. The van der Waals surface area contributed by atoms with Crippen LogP contribution >= 0.6 is 0 Å². The van der Waals surface area contributed by atoms with Crippen LogP contribution in [0.2, 0.25) is 0 Å². The van der Waals surface area contributed by atoms with Crippen LogP contribution in [0.15, 0.2) is 91.0 Å². The van der Waals surface area contributed by atoms with Crippen molar-refractivity contribution in [1.29, 1.82) is 0 Å². The minimum Gasteiger partial charge on any atom is -0.461 e. The summed E-state index contributed by atoms with van der Waals surface area (Å²) in [4.78, 5) is 77.1. The number of benzene rings is 3. The van der Waals surface area contributed by atoms with E-state index in [0.29, 0.717) is 61.4 Å². The van der Waals surface area contributed by atoms with Gasteiger partial charge in [0, 0.05) is 56.8 Å². The van der Waals surface area contributed by atoms with E-state index in [2.05, 4.69) is 55.4 Å². The molecule has 4 aliphatic carbocycles. The average Bonchev–Trinajstić information content (AvgIpc) is 2.08. The van der Waals surface area contributed by atoms with Gasteiger partial charge in [-0.25, -0.2) is 0 Å². The molecular formula is C80H130O16. The van der Waals surface area contributed by atoms with Crippen molar-refractivity contribution in [1.82, 2.24) is 0 Å². The molecule has 7 rings (SSSR count). The van der Waals surface area contributed by atoms with Crippen molar-refractivity contribution in [3.05, 3.63) is 108 Å². The molecule has 0 bridgehead atoms. The molecule has 3 aromatic carbocycles. The summed E-state index contributed by atoms with van der Waals surface area (Å²) < 4.78 is 15.2. The first kappa shape index (κ1) is 90.5. The van der Waals surface area contributed by atoms with Gasteiger partial charge < -0.3 is 49.6 Å². The zero-order valence-electron chi connectivity index (χ0n) is 61.4. The molecule has 16 atom stereocenters. The molecule has 0 unspecified atom stereocenters. The molecule has 4 fully saturated rings. The first-order chi connectivity index (χ1) is 45.7. The largest absolute Gasteiger partial charge is 0.461 e. The molecule has 96 heavy (non-hydrogen) atoms. The predicted octanol–water partition coefficient (Wildman–Crippen LogP) is 15.3. The summed E-state index contributed by atoms with van der Waals surface area (Å²) in [5.74, 6) is 3.83. The Labute approximate surface area is 578 Å². The fourth-order valence-electron chi connectivity index (χ4n) is 12.2. The van der Waals surface area contributed by atoms with Gasteiger partial charge in [0.05, 0.1) is 43.0 Å². The highest BCUT2D eigenvalue weighted by Gasteiger charge is 2.32. The Balaban J connectivity index is 0.00000111. The molecule has 16 heteroatoms. The first-order valence-electron chi connectivity index (χ1n) is 36.4. The number of ketones is 3. The van der Waals surface area contributed by atoms with E-state index >= 15 is 0 Å². The van der Waals surface area contributed by atoms with Crippen LogP contribution in [-0.4, -0.2) is 109 Å². The Morgan fingerprint density at radius 1 is 0.406 bits per heavy atom. The number of aliphatic hydroxyl groups is 6. The maximum Gasteiger partial charge on any atom is 0.306 e. The Bertz CT molecular complexity index is 2310. The van der Waals surface area contributed by atoms with E-state index in [4.69, 9.17) is 14.2 Å². The smallest absolute Gasteiger partial charge is 0.306 e. The van der Waals surface area contributed by atoms with Crippen LogP contribution in [0.3, 0.4) is 0 Å². The second-order valence-electron chi connectivity index (χ2n) is 26.5. The minimum atomic E-state index is -0.785. The predicted molar refractivity (Wildman–Crippen MR) is 382 cm³/mol. The van der Waals surface area contributed by atoms with Gasteiger partial charge in [0.2, 0.25) is 0 Å². The Morgan fingerprint density at radius 3 is 0.833 bits per heavy atom. The summed E-state index contributed by atoms with van der Waals surface area (Å²) in [6.45, 7) is 28.9. The minimum absolute atomic E-state index is 0.00468. The second-order valence-corrected chi connectivity index (χ2v) is 26.5. The standard InChI is InChI=1S/2C16H22O4.C11H12O3.4C8H16O.C5H10O/c2*1-3-14(17)12(2)15(18)9-10-16(19)20-11-13-7-5-4-6-8-13;12-8-4-7-11(13)14-9-10-5-2-1-3-6-10;4*1-3-7-4-5-8(9)6(7)2;1-3-5(6)4-2/h2*4-8,12,15,18H,3,9-11H2,1-2H3;1-3,5-6,8H,4,7,9H2;4*6-9H,3-5H2,1-2H3;3-4H2,1-2H3/t12-,15+;12-,15-;;6-,7+,8+;6-,7+,8-;6-,7-,8+;6-,7-,8-;/m11.1111./s1. The van der Waals surface area contributed by atoms with Gasteiger partial charge in [-0.05, 0) is 128 Å². The Hall–Kier alpha value is -5.49. The quantitative estimate of drug-likeness (QED) is 0.0235. The monoisotopic (exact) mass is 1350 g/mol. The summed E-state index contributed by atoms with van der Waals surface area (Å²) in [7, 11) is 0. The van der Waals surface area contributed by atoms with Crippen LogP contribution in [0.1, 0.15) is 255 Å². The van der Waals surface area contributed by atoms with Crippen molar-refractivity contribution in [2.45, 2.75) is 295 Å². The van der Waals surface area contributed by atoms with Gasteiger partial charge in [0.25, 0.3) is 0 Å². The molecule has 0 saturated heterocycles. The maximum absolute atomic E-state index is 11.6. The van der Waals surface area contributed by atoms with Crippen molar-refractivity contribution in [3.8, 4) is 0 Å². The van der Waals surface area contributed by atoms with Crippen molar-refractivity contribution in [2.75, 3.05) is 0 Å². The summed E-state index contributed by atoms with van der Waals surface area (Å²) in [5, 5.41) is 56.8. The van der Waals surface area contributed by atoms with Gasteiger partial charge >= 0.3 is 17.9 Å². The molecule has 4 saturated carbocycles. The van der Waals surface area contributed by atoms with Crippen LogP contribution in [-0.2, 0) is 67.6 Å². The van der Waals surface area contributed by atoms with E-state index < -0.39 is 24.0 Å². The van der Waals surface area contributed by atoms with E-state index in [1.807, 2.05) is 105 Å². The lowest BCUT2D eigenvalue weighted by molar-refractivity contribution is -0.146. The molecule has 16 nitrogen and oxygen atoms in total. The zero-order valence-corrected chi connectivity index (χ0v) is 61.4. The number of rotatable bonds is 27. The van der Waals surface area contributed by atoms with Gasteiger partial charge in [0.1, 0.15) is 43.5 Å². The number of carbonyl (C=O) groups is 7. The van der Waals surface area contributed by atoms with Crippen molar-refractivity contribution in [3.63, 3.8) is 0 Å². The molecule has 0 heterocycles. The topological polar surface area (TPSA) is 269 Å². The number of esters is 3. The third-order valence-electron chi connectivity index (χ3n) is 20.0. The van der Waals surface area contributed by atoms with Gasteiger partial charge in [-0.3, -0.25) is 28.8 Å². The summed E-state index contributed by atoms with van der Waals surface area (Å²) >= 11 is 0. The van der Waals surface area contributed by atoms with E-state index in [0.717, 1.165) is 66.0 Å². The van der Waals surface area contributed by atoms with Crippen LogP contribution in [0, 0.1) is 59.2 Å². The summed E-state index contributed by atoms with van der Waals surface area (Å²) in [6, 6.07) is 28.3. The molecule has 3 aromatic rings. The number of Topliss-reactive ketones (excluding diaryl/α,β-unsaturated/α-hetero) is 3. The van der Waals surface area contributed by atoms with Crippen LogP contribution in [0.25, 0.3) is 0 Å². The van der Waals surface area contributed by atoms with Gasteiger partial charge in [0.15, 0.2) is 0 Å². The number of aldehydes is 1. The molecule has 0 aliphatic heterocycles. The normalized spacial score (nSPS) is 23.9. The maximum atomic E-state index is 11.6.